The fourth-order valence-electron chi connectivity index (χ4n) is 3.31. The normalized spacial score (nSPS) is 20.4. The molecule has 2 aliphatic rings. The van der Waals surface area contributed by atoms with Gasteiger partial charge in [0.1, 0.15) is 29.4 Å². The molecule has 0 saturated carbocycles. The van der Waals surface area contributed by atoms with Crippen molar-refractivity contribution in [1.82, 2.24) is 20.0 Å². The van der Waals surface area contributed by atoms with Gasteiger partial charge in [0, 0.05) is 25.3 Å². The highest BCUT2D eigenvalue weighted by atomic mass is 32.2. The number of aliphatic carboxylic acids is 1. The fraction of sp³-hybridized carbons (Fsp3) is 0.438. The van der Waals surface area contributed by atoms with E-state index in [-0.39, 0.29) is 35.0 Å². The number of aromatic nitrogens is 2. The predicted molar refractivity (Wildman–Crippen MR) is 100 cm³/mol. The lowest BCUT2D eigenvalue weighted by Gasteiger charge is -2.49. The van der Waals surface area contributed by atoms with Gasteiger partial charge in [-0.05, 0) is 6.92 Å². The van der Waals surface area contributed by atoms with E-state index in [4.69, 9.17) is 4.74 Å². The molecule has 0 bridgehead atoms. The van der Waals surface area contributed by atoms with Crippen LogP contribution in [0.4, 0.5) is 5.69 Å². The van der Waals surface area contributed by atoms with Crippen LogP contribution in [0.25, 0.3) is 0 Å². The topological polar surface area (TPSA) is 174 Å². The average Bonchev–Trinajstić information content (AvgIpc) is 2.97. The van der Waals surface area contributed by atoms with Gasteiger partial charge >= 0.3 is 17.6 Å². The number of rotatable bonds is 6. The number of hydrogen-bond acceptors (Lipinski definition) is 9. The molecule has 2 aliphatic heterocycles. The Hall–Kier alpha value is -3.42. The molecular weight excluding hydrogens is 422 g/mol. The van der Waals surface area contributed by atoms with Crippen LogP contribution in [0.5, 0.6) is 0 Å². The van der Waals surface area contributed by atoms with Crippen LogP contribution in [0.2, 0.25) is 0 Å². The molecule has 0 aromatic carbocycles. The second kappa shape index (κ2) is 7.78. The molecule has 14 heteroatoms. The van der Waals surface area contributed by atoms with Gasteiger partial charge in [-0.15, -0.1) is 11.8 Å². The van der Waals surface area contributed by atoms with E-state index in [1.807, 2.05) is 0 Å². The predicted octanol–water partition coefficient (Wildman–Crippen LogP) is -0.448. The van der Waals surface area contributed by atoms with Crippen molar-refractivity contribution in [2.24, 2.45) is 7.05 Å². The number of β-lactam (4-membered cyclic amide) rings is 1. The SMILES string of the molecule is CC(=O)OCC1=C(C(=O)O)N2C(=O)[C@H](NC(=O)c3c([N+](=O)[O-])c(C)nn3C)[C@@H]2SC1. The number of nitrogens with one attached hydrogen (secondary N) is 1. The first-order valence-corrected chi connectivity index (χ1v) is 9.61. The van der Waals surface area contributed by atoms with Crippen LogP contribution in [0.3, 0.4) is 0 Å². The van der Waals surface area contributed by atoms with Crippen LogP contribution in [0, 0.1) is 17.0 Å². The van der Waals surface area contributed by atoms with Gasteiger partial charge in [-0.25, -0.2) is 4.79 Å². The summed E-state index contributed by atoms with van der Waals surface area (Å²) in [6.45, 7) is 2.30. The number of nitro groups is 1. The lowest BCUT2D eigenvalue weighted by atomic mass is 10.0. The summed E-state index contributed by atoms with van der Waals surface area (Å²) in [7, 11) is 1.37. The molecule has 0 aliphatic carbocycles. The van der Waals surface area contributed by atoms with Gasteiger partial charge in [-0.3, -0.25) is 34.1 Å². The fourth-order valence-corrected chi connectivity index (χ4v) is 4.64. The highest BCUT2D eigenvalue weighted by Crippen LogP contribution is 2.40. The Morgan fingerprint density at radius 2 is 2.10 bits per heavy atom. The van der Waals surface area contributed by atoms with E-state index in [0.29, 0.717) is 0 Å². The standard InChI is InChI=1S/C16H17N5O8S/c1-6-10(21(27)28)12(19(3)18-6)13(23)17-9-14(24)20-11(16(25)26)8(4-29-7(2)22)5-30-15(9)20/h9,15H,4-5H2,1-3H3,(H,17,23)(H,25,26)/t9-,15-/m0/s1. The first-order valence-electron chi connectivity index (χ1n) is 8.56. The minimum Gasteiger partial charge on any atom is -0.477 e. The van der Waals surface area contributed by atoms with E-state index in [1.165, 1.54) is 32.7 Å². The molecule has 0 unspecified atom stereocenters. The molecule has 2 amide bonds. The van der Waals surface area contributed by atoms with Gasteiger partial charge in [0.05, 0.1) is 4.92 Å². The zero-order chi connectivity index (χ0) is 22.3. The van der Waals surface area contributed by atoms with Crippen molar-refractivity contribution >= 4 is 41.2 Å². The van der Waals surface area contributed by atoms with Crippen molar-refractivity contribution in [2.75, 3.05) is 12.4 Å². The Bertz CT molecular complexity index is 1020. The molecule has 1 saturated heterocycles. The van der Waals surface area contributed by atoms with Crippen LogP contribution in [-0.2, 0) is 26.2 Å². The van der Waals surface area contributed by atoms with Crippen molar-refractivity contribution in [2.45, 2.75) is 25.3 Å². The number of carbonyl (C=O) groups is 4. The van der Waals surface area contributed by atoms with Gasteiger partial charge in [-0.1, -0.05) is 0 Å². The van der Waals surface area contributed by atoms with Crippen LogP contribution in [0.1, 0.15) is 23.1 Å². The molecule has 2 N–H and O–H groups in total. The van der Waals surface area contributed by atoms with Gasteiger partial charge in [-0.2, -0.15) is 5.10 Å². The quantitative estimate of drug-likeness (QED) is 0.256. The monoisotopic (exact) mass is 439 g/mol. The van der Waals surface area contributed by atoms with Crippen molar-refractivity contribution < 1.29 is 33.9 Å². The number of carboxylic acids is 1. The second-order valence-electron chi connectivity index (χ2n) is 6.56. The van der Waals surface area contributed by atoms with Gasteiger partial charge in [0.25, 0.3) is 11.8 Å². The number of aryl methyl sites for hydroxylation is 2. The second-order valence-corrected chi connectivity index (χ2v) is 7.67. The molecule has 13 nitrogen and oxygen atoms in total. The summed E-state index contributed by atoms with van der Waals surface area (Å²) in [5.74, 6) is -3.33. The van der Waals surface area contributed by atoms with Crippen molar-refractivity contribution in [3.05, 3.63) is 32.8 Å². The summed E-state index contributed by atoms with van der Waals surface area (Å²) in [6.07, 6.45) is 0. The number of carboxylic acid groups (broad SMARTS) is 1. The lowest BCUT2D eigenvalue weighted by molar-refractivity contribution is -0.385. The molecule has 160 valence electrons. The maximum atomic E-state index is 12.6. The van der Waals surface area contributed by atoms with E-state index in [2.05, 4.69) is 10.4 Å². The number of nitrogens with zero attached hydrogens (tertiary/aromatic N) is 4. The minimum absolute atomic E-state index is 0.0486. The molecule has 0 spiro atoms. The number of hydrogen-bond donors (Lipinski definition) is 2. The molecule has 3 heterocycles. The Morgan fingerprint density at radius 3 is 2.67 bits per heavy atom. The molecule has 0 radical (unpaired) electrons. The highest BCUT2D eigenvalue weighted by molar-refractivity contribution is 8.00. The van der Waals surface area contributed by atoms with E-state index in [1.54, 1.807) is 0 Å². The minimum atomic E-state index is -1.36. The van der Waals surface area contributed by atoms with Crippen LogP contribution < -0.4 is 5.32 Å². The number of carbonyl (C=O) groups excluding carboxylic acids is 3. The van der Waals surface area contributed by atoms with Crippen LogP contribution >= 0.6 is 11.8 Å². The largest absolute Gasteiger partial charge is 0.477 e. The average molecular weight is 439 g/mol. The molecule has 1 aromatic rings. The number of fused-ring (bicyclic) bond motifs is 1. The van der Waals surface area contributed by atoms with Crippen molar-refractivity contribution in [1.29, 1.82) is 0 Å². The number of esters is 1. The number of thioether (sulfide) groups is 1. The molecular formula is C16H17N5O8S. The maximum Gasteiger partial charge on any atom is 0.352 e. The van der Waals surface area contributed by atoms with Gasteiger partial charge < -0.3 is 15.2 Å². The molecule has 30 heavy (non-hydrogen) atoms. The Labute approximate surface area is 173 Å². The Balaban J connectivity index is 1.82. The van der Waals surface area contributed by atoms with Gasteiger partial charge in [0.2, 0.25) is 5.69 Å². The molecule has 2 atom stereocenters. The van der Waals surface area contributed by atoms with E-state index < -0.39 is 45.8 Å². The Morgan fingerprint density at radius 1 is 1.43 bits per heavy atom. The summed E-state index contributed by atoms with van der Waals surface area (Å²) >= 11 is 1.18. The van der Waals surface area contributed by atoms with Crippen LogP contribution in [0.15, 0.2) is 11.3 Å². The summed E-state index contributed by atoms with van der Waals surface area (Å²) in [6, 6.07) is -1.07. The Kier molecular flexibility index (Phi) is 5.52. The van der Waals surface area contributed by atoms with Gasteiger partial charge in [0.15, 0.2) is 0 Å². The third kappa shape index (κ3) is 3.49. The van der Waals surface area contributed by atoms with E-state index >= 15 is 0 Å². The third-order valence-corrected chi connectivity index (χ3v) is 5.91. The van der Waals surface area contributed by atoms with Crippen molar-refractivity contribution in [3.63, 3.8) is 0 Å². The lowest BCUT2D eigenvalue weighted by Crippen LogP contribution is -2.70. The number of ether oxygens (including phenoxy) is 1. The summed E-state index contributed by atoms with van der Waals surface area (Å²) in [5, 5.41) is 26.4. The smallest absolute Gasteiger partial charge is 0.352 e. The van der Waals surface area contributed by atoms with E-state index in [9.17, 15) is 34.4 Å². The summed E-state index contributed by atoms with van der Waals surface area (Å²) in [5.41, 5.74) is -0.765. The van der Waals surface area contributed by atoms with Crippen molar-refractivity contribution in [3.8, 4) is 0 Å². The van der Waals surface area contributed by atoms with E-state index in [0.717, 1.165) is 9.58 Å². The third-order valence-electron chi connectivity index (χ3n) is 4.57. The first kappa shape index (κ1) is 21.3. The maximum absolute atomic E-state index is 12.6. The highest BCUT2D eigenvalue weighted by Gasteiger charge is 2.54. The molecule has 1 aromatic heterocycles. The zero-order valence-electron chi connectivity index (χ0n) is 16.1. The first-order chi connectivity index (χ1) is 14.0. The molecule has 1 fully saturated rings. The number of amides is 2. The molecule has 3 rings (SSSR count). The zero-order valence-corrected chi connectivity index (χ0v) is 16.9. The summed E-state index contributed by atoms with van der Waals surface area (Å²) in [4.78, 5) is 59.5. The summed E-state index contributed by atoms with van der Waals surface area (Å²) < 4.78 is 5.90. The van der Waals surface area contributed by atoms with Crippen LogP contribution in [-0.4, -0.2) is 72.2 Å².